The third-order valence-corrected chi connectivity index (χ3v) is 14.2. The van der Waals surface area contributed by atoms with E-state index >= 15 is 0 Å². The molecule has 0 heterocycles. The summed E-state index contributed by atoms with van der Waals surface area (Å²) in [4.78, 5) is 4.79. The van der Waals surface area contributed by atoms with Crippen molar-refractivity contribution in [3.63, 3.8) is 0 Å². The quantitative estimate of drug-likeness (QED) is 0.121. The van der Waals surface area contributed by atoms with Gasteiger partial charge >= 0.3 is 0 Å². The van der Waals surface area contributed by atoms with Crippen LogP contribution in [-0.2, 0) is 5.41 Å². The maximum absolute atomic E-state index is 2.49. The first-order valence-electron chi connectivity index (χ1n) is 24.4. The molecule has 0 radical (unpaired) electrons. The van der Waals surface area contributed by atoms with E-state index in [-0.39, 0.29) is 11.3 Å². The average Bonchev–Trinajstić information content (AvgIpc) is 3.43. The van der Waals surface area contributed by atoms with Crippen LogP contribution in [0.3, 0.4) is 0 Å². The van der Waals surface area contributed by atoms with Crippen LogP contribution >= 0.6 is 0 Å². The molecule has 3 unspecified atom stereocenters. The number of nitrogens with zero attached hydrogens (tertiary/aromatic N) is 2. The highest BCUT2D eigenvalue weighted by Crippen LogP contribution is 2.45. The van der Waals surface area contributed by atoms with Crippen LogP contribution in [0.2, 0.25) is 0 Å². The summed E-state index contributed by atoms with van der Waals surface area (Å²) in [5.41, 5.74) is 18.2. The normalized spacial score (nSPS) is 18.5. The third kappa shape index (κ3) is 9.15. The Morgan fingerprint density at radius 1 is 0.464 bits per heavy atom. The van der Waals surface area contributed by atoms with Crippen LogP contribution in [-0.4, -0.2) is 0 Å². The lowest BCUT2D eigenvalue weighted by Gasteiger charge is -2.34. The molecule has 8 aromatic carbocycles. The van der Waals surface area contributed by atoms with Gasteiger partial charge in [0.1, 0.15) is 0 Å². The molecule has 0 spiro atoms. The van der Waals surface area contributed by atoms with Crippen LogP contribution in [0.1, 0.15) is 48.8 Å². The van der Waals surface area contributed by atoms with Crippen molar-refractivity contribution in [2.75, 3.05) is 9.80 Å². The Morgan fingerprint density at radius 3 is 1.65 bits per heavy atom. The topological polar surface area (TPSA) is 6.48 Å². The van der Waals surface area contributed by atoms with Crippen molar-refractivity contribution in [3.8, 4) is 22.3 Å². The second kappa shape index (κ2) is 19.6. The van der Waals surface area contributed by atoms with Gasteiger partial charge in [-0.15, -0.1) is 0 Å². The SMILES string of the molecule is CC1(c2ccc(N(c3ccccc3)c3ccc(-c4ccccc4)c(-c4ccccc4)c3)cc2)C=CC=C(c2ccc(N(C3=CC(c4ccccc4)C(C4=CC=CCC4)C=C3)c3ccccc3)cc2)C1. The number of para-hydroxylation sites is 2. The lowest BCUT2D eigenvalue weighted by atomic mass is 9.73. The fourth-order valence-corrected chi connectivity index (χ4v) is 10.6. The first kappa shape index (κ1) is 43.4. The zero-order valence-electron chi connectivity index (χ0n) is 39.2. The monoisotopic (exact) mass is 888 g/mol. The molecule has 3 atom stereocenters. The van der Waals surface area contributed by atoms with Crippen LogP contribution in [0.25, 0.3) is 27.8 Å². The average molecular weight is 889 g/mol. The van der Waals surface area contributed by atoms with Gasteiger partial charge in [0.25, 0.3) is 0 Å². The number of anilines is 5. The summed E-state index contributed by atoms with van der Waals surface area (Å²) in [5.74, 6) is 0.562. The highest BCUT2D eigenvalue weighted by Gasteiger charge is 2.30. The molecule has 334 valence electrons. The minimum Gasteiger partial charge on any atom is -0.311 e. The molecule has 0 saturated heterocycles. The van der Waals surface area contributed by atoms with Gasteiger partial charge in [0, 0.05) is 51.4 Å². The maximum atomic E-state index is 2.49. The van der Waals surface area contributed by atoms with E-state index in [0.717, 1.165) is 47.7 Å². The van der Waals surface area contributed by atoms with Crippen LogP contribution in [0.4, 0.5) is 28.4 Å². The van der Waals surface area contributed by atoms with Gasteiger partial charge in [0.15, 0.2) is 0 Å². The third-order valence-electron chi connectivity index (χ3n) is 14.2. The summed E-state index contributed by atoms with van der Waals surface area (Å²) in [5, 5.41) is 0. The Labute approximate surface area is 408 Å². The van der Waals surface area contributed by atoms with Gasteiger partial charge in [-0.3, -0.25) is 0 Å². The van der Waals surface area contributed by atoms with Crippen LogP contribution in [0, 0.1) is 5.92 Å². The van der Waals surface area contributed by atoms with Crippen molar-refractivity contribution in [2.24, 2.45) is 5.92 Å². The van der Waals surface area contributed by atoms with Gasteiger partial charge in [0.05, 0.1) is 0 Å². The first-order chi connectivity index (χ1) is 34.1. The zero-order chi connectivity index (χ0) is 46.4. The predicted octanol–water partition coefficient (Wildman–Crippen LogP) is 18.1. The molecular formula is C67H56N2. The molecule has 11 rings (SSSR count). The fourth-order valence-electron chi connectivity index (χ4n) is 10.6. The number of hydrogen-bond acceptors (Lipinski definition) is 2. The second-order valence-electron chi connectivity index (χ2n) is 18.7. The van der Waals surface area contributed by atoms with E-state index in [4.69, 9.17) is 0 Å². The molecule has 0 N–H and O–H groups in total. The van der Waals surface area contributed by atoms with Crippen LogP contribution < -0.4 is 9.80 Å². The van der Waals surface area contributed by atoms with Crippen molar-refractivity contribution < 1.29 is 0 Å². The molecule has 2 heteroatoms. The van der Waals surface area contributed by atoms with E-state index in [1.54, 1.807) is 0 Å². The van der Waals surface area contributed by atoms with E-state index in [1.807, 2.05) is 0 Å². The maximum Gasteiger partial charge on any atom is 0.0468 e. The van der Waals surface area contributed by atoms with Crippen LogP contribution in [0.15, 0.2) is 284 Å². The van der Waals surface area contributed by atoms with Crippen molar-refractivity contribution in [2.45, 2.75) is 37.5 Å². The molecule has 8 aromatic rings. The molecule has 3 aliphatic carbocycles. The molecule has 0 saturated carbocycles. The van der Waals surface area contributed by atoms with E-state index in [0.29, 0.717) is 5.92 Å². The number of benzene rings is 8. The predicted molar refractivity (Wildman–Crippen MR) is 292 cm³/mol. The lowest BCUT2D eigenvalue weighted by molar-refractivity contribution is 0.609. The van der Waals surface area contributed by atoms with Gasteiger partial charge < -0.3 is 9.80 Å². The molecule has 0 bridgehead atoms. The summed E-state index contributed by atoms with van der Waals surface area (Å²) in [7, 11) is 0. The van der Waals surface area contributed by atoms with Gasteiger partial charge in [0.2, 0.25) is 0 Å². The summed E-state index contributed by atoms with van der Waals surface area (Å²) >= 11 is 0. The fraction of sp³-hybridized carbons (Fsp3) is 0.104. The molecule has 3 aliphatic rings. The van der Waals surface area contributed by atoms with Crippen molar-refractivity contribution in [1.82, 2.24) is 0 Å². The molecule has 69 heavy (non-hydrogen) atoms. The molecule has 0 amide bonds. The Morgan fingerprint density at radius 2 is 1.01 bits per heavy atom. The number of allylic oxidation sites excluding steroid dienone is 11. The van der Waals surface area contributed by atoms with Crippen molar-refractivity contribution in [3.05, 3.63) is 301 Å². The first-order valence-corrected chi connectivity index (χ1v) is 24.4. The molecule has 2 nitrogen and oxygen atoms in total. The lowest BCUT2D eigenvalue weighted by Crippen LogP contribution is -2.22. The zero-order valence-corrected chi connectivity index (χ0v) is 39.2. The van der Waals surface area contributed by atoms with E-state index in [9.17, 15) is 0 Å². The van der Waals surface area contributed by atoms with Gasteiger partial charge in [-0.1, -0.05) is 219 Å². The summed E-state index contributed by atoms with van der Waals surface area (Å²) < 4.78 is 0. The Hall–Kier alpha value is -8.20. The second-order valence-corrected chi connectivity index (χ2v) is 18.7. The molecule has 0 fully saturated rings. The number of rotatable bonds is 12. The van der Waals surface area contributed by atoms with Crippen molar-refractivity contribution in [1.29, 1.82) is 0 Å². The van der Waals surface area contributed by atoms with E-state index in [2.05, 4.69) is 290 Å². The van der Waals surface area contributed by atoms with E-state index in [1.165, 1.54) is 55.8 Å². The summed E-state index contributed by atoms with van der Waals surface area (Å²) in [6.45, 7) is 2.37. The summed E-state index contributed by atoms with van der Waals surface area (Å²) in [6.07, 6.45) is 24.2. The highest BCUT2D eigenvalue weighted by molar-refractivity contribution is 5.89. The molecule has 0 aliphatic heterocycles. The molecule has 0 aromatic heterocycles. The Kier molecular flexibility index (Phi) is 12.3. The standard InChI is InChI=1S/C67H56N2/c1-67(56-36-40-60(41-37-56)69(58-32-18-7-19-33-58)62-43-45-64(52-23-10-3-11-24-52)66(48-62)54-27-14-5-15-28-54)46-20-29-55(49-67)50-34-38-59(39-35-50)68(57-30-16-6-17-31-57)61-42-44-63(51-21-8-2-9-22-51)65(47-61)53-25-12-4-13-26-53/h2-8,10-21,23-48,63,65H,9,22,49H2,1H3. The Balaban J connectivity index is 0.876. The summed E-state index contributed by atoms with van der Waals surface area (Å²) in [6, 6.07) is 79.4. The largest absolute Gasteiger partial charge is 0.311 e. The minimum atomic E-state index is -0.184. The molecular weight excluding hydrogens is 833 g/mol. The smallest absolute Gasteiger partial charge is 0.0468 e. The highest BCUT2D eigenvalue weighted by atomic mass is 15.1. The van der Waals surface area contributed by atoms with Gasteiger partial charge in [-0.25, -0.2) is 0 Å². The van der Waals surface area contributed by atoms with Gasteiger partial charge in [-0.05, 0) is 131 Å². The number of hydrogen-bond donors (Lipinski definition) is 0. The van der Waals surface area contributed by atoms with E-state index < -0.39 is 0 Å². The van der Waals surface area contributed by atoms with Crippen molar-refractivity contribution >= 4 is 34.0 Å². The minimum absolute atomic E-state index is 0.184. The van der Waals surface area contributed by atoms with Gasteiger partial charge in [-0.2, -0.15) is 0 Å². The Bertz CT molecular complexity index is 3220. The van der Waals surface area contributed by atoms with Crippen LogP contribution in [0.5, 0.6) is 0 Å².